The Kier molecular flexibility index (Phi) is 26.6. The fourth-order valence-corrected chi connectivity index (χ4v) is 11.8. The second-order valence-electron chi connectivity index (χ2n) is 12.5. The third kappa shape index (κ3) is 17.7. The van der Waals surface area contributed by atoms with Gasteiger partial charge in [0.25, 0.3) is 11.0 Å². The van der Waals surface area contributed by atoms with E-state index in [0.717, 1.165) is 6.07 Å². The molecule has 2 rings (SSSR count). The lowest BCUT2D eigenvalue weighted by Gasteiger charge is -2.28. The molecule has 0 amide bonds. The monoisotopic (exact) mass is 711 g/mol. The number of nitro benzene ring substituents is 1. The Labute approximate surface area is 290 Å². The van der Waals surface area contributed by atoms with Crippen molar-refractivity contribution in [3.8, 4) is 0 Å². The van der Waals surface area contributed by atoms with E-state index < -0.39 is 22.9 Å². The van der Waals surface area contributed by atoms with Crippen molar-refractivity contribution >= 4 is 47.2 Å². The minimum Gasteiger partial charge on any atom is -1.00 e. The van der Waals surface area contributed by atoms with Crippen molar-refractivity contribution < 1.29 is 26.9 Å². The van der Waals surface area contributed by atoms with E-state index in [0.29, 0.717) is 0 Å². The van der Waals surface area contributed by atoms with Crippen LogP contribution in [0.1, 0.15) is 156 Å². The summed E-state index contributed by atoms with van der Waals surface area (Å²) in [6.07, 6.45) is 36.0. The first-order chi connectivity index (χ1) is 21.3. The van der Waals surface area contributed by atoms with E-state index in [2.05, 4.69) is 37.5 Å². The van der Waals surface area contributed by atoms with Crippen LogP contribution in [-0.4, -0.2) is 34.7 Å². The molecule has 0 radical (unpaired) electrons. The van der Waals surface area contributed by atoms with Crippen LogP contribution in [0.4, 0.5) is 5.69 Å². The zero-order valence-corrected chi connectivity index (χ0v) is 31.8. The van der Waals surface area contributed by atoms with E-state index in [1.54, 1.807) is 31.1 Å². The van der Waals surface area contributed by atoms with Crippen LogP contribution in [0, 0.1) is 15.3 Å². The summed E-state index contributed by atoms with van der Waals surface area (Å²) in [5.41, 5.74) is -0.697. The highest BCUT2D eigenvalue weighted by Gasteiger charge is 2.34. The van der Waals surface area contributed by atoms with Crippen LogP contribution >= 0.6 is 30.5 Å². The Morgan fingerprint density at radius 2 is 1.09 bits per heavy atom. The van der Waals surface area contributed by atoms with Gasteiger partial charge >= 0.3 is 5.69 Å². The Hall–Kier alpha value is -0.880. The van der Waals surface area contributed by atoms with E-state index in [1.165, 1.54) is 122 Å². The topological polar surface area (TPSA) is 96.1 Å². The van der Waals surface area contributed by atoms with Crippen molar-refractivity contribution in [3.63, 3.8) is 0 Å². The van der Waals surface area contributed by atoms with E-state index in [9.17, 15) is 15.3 Å². The van der Waals surface area contributed by atoms with Gasteiger partial charge in [0.05, 0.1) is 29.6 Å². The lowest BCUT2D eigenvalue weighted by atomic mass is 10.0. The minimum absolute atomic E-state index is 0. The van der Waals surface area contributed by atoms with Gasteiger partial charge in [-0.15, -0.1) is 0 Å². The third-order valence-corrected chi connectivity index (χ3v) is 14.4. The molecular weight excluding hydrogens is 652 g/mol. The normalized spacial score (nSPS) is 11.3. The molecule has 0 unspecified atom stereocenters. The maximum Gasteiger partial charge on any atom is 0.311 e. The highest BCUT2D eigenvalue weighted by Crippen LogP contribution is 2.61. The van der Waals surface area contributed by atoms with Crippen LogP contribution in [0.15, 0.2) is 10.7 Å². The fraction of sp³-hybridized carbons (Fsp3) is 0.824. The average Bonchev–Trinajstić information content (AvgIpc) is 3.38. The number of nitrogens with zero attached hydrogens (tertiary/aromatic N) is 3. The number of halogens is 3. The predicted octanol–water partition coefficient (Wildman–Crippen LogP) is 9.57. The molecule has 1 aromatic heterocycles. The Morgan fingerprint density at radius 1 is 0.711 bits per heavy atom. The molecule has 262 valence electrons. The smallest absolute Gasteiger partial charge is 0.311 e. The van der Waals surface area contributed by atoms with E-state index in [4.69, 9.17) is 23.2 Å². The van der Waals surface area contributed by atoms with Gasteiger partial charge in [-0.3, -0.25) is 14.7 Å². The van der Waals surface area contributed by atoms with Gasteiger partial charge in [-0.25, -0.2) is 0 Å². The first kappa shape index (κ1) is 44.1. The minimum atomic E-state index is -0.781. The molecule has 0 saturated heterocycles. The highest BCUT2D eigenvalue weighted by molar-refractivity contribution is 7.75. The number of hydrogen-bond acceptors (Lipinski definition) is 5. The second kappa shape index (κ2) is 27.1. The number of rotatable bonds is 25. The molecule has 0 aliphatic rings. The van der Waals surface area contributed by atoms with Gasteiger partial charge in [0.2, 0.25) is 0 Å². The fourth-order valence-electron chi connectivity index (χ4n) is 5.91. The van der Waals surface area contributed by atoms with Crippen molar-refractivity contribution in [2.75, 3.05) is 24.6 Å². The first-order valence-electron chi connectivity index (χ1n) is 17.6. The molecule has 1 aromatic carbocycles. The number of aromatic nitrogens is 2. The average molecular weight is 713 g/mol. The SMILES string of the molecule is CCCCCCCCCCCCCCCC[P+](CCCC)(CCCC)CCCC.O=[N+]([O-])c1c(Cl)cc2no[n+]([O-])c2c1Cl.[Cl-]. The van der Waals surface area contributed by atoms with Crippen LogP contribution in [-0.2, 0) is 0 Å². The Balaban J connectivity index is 0.00000100. The summed E-state index contributed by atoms with van der Waals surface area (Å²) in [4.78, 5) is 9.80. The van der Waals surface area contributed by atoms with Crippen molar-refractivity contribution in [3.05, 3.63) is 31.4 Å². The Morgan fingerprint density at radius 3 is 1.49 bits per heavy atom. The number of unbranched alkanes of at least 4 members (excludes halogenated alkanes) is 16. The van der Waals surface area contributed by atoms with Gasteiger partial charge < -0.3 is 17.6 Å². The van der Waals surface area contributed by atoms with E-state index in [1.807, 2.05) is 0 Å². The molecule has 45 heavy (non-hydrogen) atoms. The quantitative estimate of drug-likeness (QED) is 0.0336. The van der Waals surface area contributed by atoms with Gasteiger partial charge in [0.1, 0.15) is 5.02 Å². The van der Waals surface area contributed by atoms with Crippen molar-refractivity contribution in [2.24, 2.45) is 0 Å². The van der Waals surface area contributed by atoms with Gasteiger partial charge in [-0.2, -0.15) is 0 Å². The summed E-state index contributed by atoms with van der Waals surface area (Å²) in [5, 5.41) is 24.3. The number of fused-ring (bicyclic) bond motifs is 1. The van der Waals surface area contributed by atoms with Crippen LogP contribution in [0.5, 0.6) is 0 Å². The first-order valence-corrected chi connectivity index (χ1v) is 20.9. The summed E-state index contributed by atoms with van der Waals surface area (Å²) < 4.78 is 4.23. The maximum atomic E-state index is 11.0. The predicted molar refractivity (Wildman–Crippen MR) is 191 cm³/mol. The molecule has 11 heteroatoms. The molecular formula is C34H61Cl3N3O4P. The zero-order chi connectivity index (χ0) is 32.6. The summed E-state index contributed by atoms with van der Waals surface area (Å²) in [6, 6.07) is 1.14. The lowest BCUT2D eigenvalue weighted by Crippen LogP contribution is -3.00. The molecule has 0 atom stereocenters. The summed E-state index contributed by atoms with van der Waals surface area (Å²) in [5.74, 6) is 0. The number of nitro groups is 1. The molecule has 7 nitrogen and oxygen atoms in total. The molecule has 0 saturated carbocycles. The molecule has 0 bridgehead atoms. The van der Waals surface area contributed by atoms with Crippen molar-refractivity contribution in [1.29, 1.82) is 0 Å². The third-order valence-electron chi connectivity index (χ3n) is 8.67. The van der Waals surface area contributed by atoms with Gasteiger partial charge in [-0.05, 0) is 37.0 Å². The zero-order valence-electron chi connectivity index (χ0n) is 28.6. The lowest BCUT2D eigenvalue weighted by molar-refractivity contribution is -0.782. The molecule has 0 spiro atoms. The number of benzene rings is 1. The van der Waals surface area contributed by atoms with Crippen LogP contribution in [0.2, 0.25) is 10.0 Å². The van der Waals surface area contributed by atoms with Gasteiger partial charge in [-0.1, -0.05) is 147 Å². The highest BCUT2D eigenvalue weighted by atomic mass is 35.5. The van der Waals surface area contributed by atoms with E-state index >= 15 is 0 Å². The van der Waals surface area contributed by atoms with Crippen molar-refractivity contribution in [1.82, 2.24) is 5.16 Å². The molecule has 0 N–H and O–H groups in total. The number of hydrogen-bond donors (Lipinski definition) is 0. The molecule has 1 heterocycles. The molecule has 2 aromatic rings. The summed E-state index contributed by atoms with van der Waals surface area (Å²) >= 11 is 11.2. The largest absolute Gasteiger partial charge is 1.00 e. The molecule has 0 fully saturated rings. The van der Waals surface area contributed by atoms with Crippen LogP contribution < -0.4 is 17.3 Å². The van der Waals surface area contributed by atoms with Gasteiger partial charge in [0.15, 0.2) is 5.02 Å². The van der Waals surface area contributed by atoms with Crippen molar-refractivity contribution in [2.45, 2.75) is 156 Å². The standard InChI is InChI=1S/C28H60P.C6HCl2N3O4.ClH/c1-5-9-13-14-15-16-17-18-19-20-21-22-23-24-28-29(25-10-6-2,26-11-7-3)27-12-8-4;7-2-1-3-6(11(14)15-9-3)4(8)5(2)10(12)13;/h5-28H2,1-4H3;1H;1H/q+1;;/p-1. The Bertz CT molecular complexity index is 1020. The maximum absolute atomic E-state index is 11.0. The van der Waals surface area contributed by atoms with E-state index in [-0.39, 0.29) is 33.4 Å². The van der Waals surface area contributed by atoms with Crippen LogP contribution in [0.3, 0.4) is 0 Å². The molecule has 0 aliphatic carbocycles. The summed E-state index contributed by atoms with van der Waals surface area (Å²) in [7, 11) is -0.630. The van der Waals surface area contributed by atoms with Crippen LogP contribution in [0.25, 0.3) is 11.0 Å². The van der Waals surface area contributed by atoms with Gasteiger partial charge in [0, 0.05) is 18.5 Å². The summed E-state index contributed by atoms with van der Waals surface area (Å²) in [6.45, 7) is 9.48. The molecule has 0 aliphatic heterocycles. The second-order valence-corrected chi connectivity index (χ2v) is 17.7.